The molecular weight excluding hydrogens is 212 g/mol. The molecule has 0 fully saturated rings. The van der Waals surface area contributed by atoms with Crippen LogP contribution in [0.25, 0.3) is 11.1 Å². The maximum absolute atomic E-state index is 9.54. The molecule has 2 nitrogen and oxygen atoms in total. The Hall–Kier alpha value is -1.96. The monoisotopic (exact) mass is 228 g/mol. The fourth-order valence-corrected chi connectivity index (χ4v) is 1.95. The van der Waals surface area contributed by atoms with E-state index in [1.807, 2.05) is 24.3 Å². The van der Waals surface area contributed by atoms with Crippen molar-refractivity contribution in [3.63, 3.8) is 0 Å². The molecule has 2 aromatic carbocycles. The van der Waals surface area contributed by atoms with E-state index in [1.54, 1.807) is 6.07 Å². The van der Waals surface area contributed by atoms with E-state index >= 15 is 0 Å². The van der Waals surface area contributed by atoms with E-state index in [9.17, 15) is 10.2 Å². The van der Waals surface area contributed by atoms with Crippen molar-refractivity contribution in [3.8, 4) is 22.6 Å². The molecular formula is C15H16O2. The Balaban J connectivity index is 2.56. The second-order valence-corrected chi connectivity index (χ2v) is 4.45. The highest BCUT2D eigenvalue weighted by atomic mass is 16.3. The van der Waals surface area contributed by atoms with Crippen LogP contribution in [-0.2, 0) is 0 Å². The number of hydrogen-bond acceptors (Lipinski definition) is 2. The summed E-state index contributed by atoms with van der Waals surface area (Å²) in [7, 11) is 0. The number of phenolic OH excluding ortho intramolecular Hbond substituents is 2. The average molecular weight is 228 g/mol. The number of aromatic hydroxyl groups is 2. The molecule has 0 saturated heterocycles. The van der Waals surface area contributed by atoms with Crippen molar-refractivity contribution in [1.82, 2.24) is 0 Å². The molecule has 0 aliphatic heterocycles. The first kappa shape index (κ1) is 11.5. The summed E-state index contributed by atoms with van der Waals surface area (Å²) >= 11 is 0. The molecule has 0 atom stereocenters. The minimum Gasteiger partial charge on any atom is -0.504 e. The topological polar surface area (TPSA) is 40.5 Å². The van der Waals surface area contributed by atoms with Gasteiger partial charge in [-0.15, -0.1) is 0 Å². The van der Waals surface area contributed by atoms with E-state index in [1.165, 1.54) is 11.6 Å². The van der Waals surface area contributed by atoms with Crippen LogP contribution in [0.15, 0.2) is 42.5 Å². The third-order valence-electron chi connectivity index (χ3n) is 2.87. The van der Waals surface area contributed by atoms with Crippen molar-refractivity contribution in [1.29, 1.82) is 0 Å². The molecule has 0 aliphatic carbocycles. The van der Waals surface area contributed by atoms with Gasteiger partial charge in [0.15, 0.2) is 11.5 Å². The molecule has 17 heavy (non-hydrogen) atoms. The van der Waals surface area contributed by atoms with Crippen molar-refractivity contribution in [2.75, 3.05) is 0 Å². The van der Waals surface area contributed by atoms with Crippen LogP contribution >= 0.6 is 0 Å². The summed E-state index contributed by atoms with van der Waals surface area (Å²) in [6.07, 6.45) is 0. The molecule has 2 aromatic rings. The summed E-state index contributed by atoms with van der Waals surface area (Å²) in [5, 5.41) is 18.9. The van der Waals surface area contributed by atoms with Crippen molar-refractivity contribution in [3.05, 3.63) is 48.0 Å². The van der Waals surface area contributed by atoms with Crippen LogP contribution in [0, 0.1) is 0 Å². The molecule has 0 radical (unpaired) electrons. The van der Waals surface area contributed by atoms with Crippen LogP contribution in [0.2, 0.25) is 0 Å². The van der Waals surface area contributed by atoms with E-state index in [-0.39, 0.29) is 11.5 Å². The van der Waals surface area contributed by atoms with Gasteiger partial charge in [0.05, 0.1) is 0 Å². The Morgan fingerprint density at radius 2 is 1.59 bits per heavy atom. The predicted octanol–water partition coefficient (Wildman–Crippen LogP) is 3.89. The fourth-order valence-electron chi connectivity index (χ4n) is 1.95. The van der Waals surface area contributed by atoms with Crippen LogP contribution in [0.1, 0.15) is 25.3 Å². The standard InChI is InChI=1S/C15H16O2/c1-10(2)12-5-3-4-6-13(12)11-7-8-14(16)15(17)9-11/h3-10,16-17H,1-2H3. The Labute approximate surface area is 101 Å². The van der Waals surface area contributed by atoms with Gasteiger partial charge in [0.2, 0.25) is 0 Å². The van der Waals surface area contributed by atoms with Crippen LogP contribution in [0.5, 0.6) is 11.5 Å². The zero-order chi connectivity index (χ0) is 12.4. The maximum Gasteiger partial charge on any atom is 0.158 e. The molecule has 2 heteroatoms. The minimum atomic E-state index is -0.0872. The molecule has 0 heterocycles. The first-order valence-electron chi connectivity index (χ1n) is 5.71. The molecule has 0 aliphatic rings. The Bertz CT molecular complexity index is 530. The number of hydrogen-bond donors (Lipinski definition) is 2. The molecule has 0 bridgehead atoms. The molecule has 0 saturated carbocycles. The normalized spacial score (nSPS) is 10.8. The van der Waals surface area contributed by atoms with Gasteiger partial charge in [-0.2, -0.15) is 0 Å². The average Bonchev–Trinajstić information content (AvgIpc) is 2.32. The third kappa shape index (κ3) is 2.26. The van der Waals surface area contributed by atoms with E-state index in [0.29, 0.717) is 5.92 Å². The smallest absolute Gasteiger partial charge is 0.158 e. The number of phenols is 2. The summed E-state index contributed by atoms with van der Waals surface area (Å²) in [5.74, 6) is 0.249. The lowest BCUT2D eigenvalue weighted by molar-refractivity contribution is 0.404. The van der Waals surface area contributed by atoms with Gasteiger partial charge in [0.25, 0.3) is 0 Å². The minimum absolute atomic E-state index is 0.0824. The van der Waals surface area contributed by atoms with E-state index in [4.69, 9.17) is 0 Å². The second-order valence-electron chi connectivity index (χ2n) is 4.45. The van der Waals surface area contributed by atoms with E-state index in [0.717, 1.165) is 11.1 Å². The maximum atomic E-state index is 9.54. The molecule has 88 valence electrons. The lowest BCUT2D eigenvalue weighted by Crippen LogP contribution is -1.91. The van der Waals surface area contributed by atoms with Crippen molar-refractivity contribution in [2.45, 2.75) is 19.8 Å². The summed E-state index contributed by atoms with van der Waals surface area (Å²) in [4.78, 5) is 0. The van der Waals surface area contributed by atoms with E-state index < -0.39 is 0 Å². The summed E-state index contributed by atoms with van der Waals surface area (Å²) in [5.41, 5.74) is 3.25. The van der Waals surface area contributed by atoms with Gasteiger partial charge in [-0.1, -0.05) is 44.2 Å². The zero-order valence-electron chi connectivity index (χ0n) is 10.0. The van der Waals surface area contributed by atoms with Crippen LogP contribution < -0.4 is 0 Å². The molecule has 2 N–H and O–H groups in total. The van der Waals surface area contributed by atoms with Crippen LogP contribution in [-0.4, -0.2) is 10.2 Å². The van der Waals surface area contributed by atoms with Gasteiger partial charge in [0, 0.05) is 0 Å². The molecule has 0 amide bonds. The first-order valence-corrected chi connectivity index (χ1v) is 5.71. The van der Waals surface area contributed by atoms with Gasteiger partial charge in [-0.05, 0) is 34.7 Å². The van der Waals surface area contributed by atoms with Crippen molar-refractivity contribution < 1.29 is 10.2 Å². The zero-order valence-corrected chi connectivity index (χ0v) is 10.0. The van der Waals surface area contributed by atoms with Crippen LogP contribution in [0.3, 0.4) is 0 Å². The fraction of sp³-hybridized carbons (Fsp3) is 0.200. The molecule has 0 unspecified atom stereocenters. The molecule has 0 aromatic heterocycles. The largest absolute Gasteiger partial charge is 0.504 e. The van der Waals surface area contributed by atoms with E-state index in [2.05, 4.69) is 19.9 Å². The van der Waals surface area contributed by atoms with Gasteiger partial charge >= 0.3 is 0 Å². The summed E-state index contributed by atoms with van der Waals surface area (Å²) in [6, 6.07) is 13.0. The summed E-state index contributed by atoms with van der Waals surface area (Å²) < 4.78 is 0. The second kappa shape index (κ2) is 4.50. The molecule has 0 spiro atoms. The lowest BCUT2D eigenvalue weighted by Gasteiger charge is -2.13. The van der Waals surface area contributed by atoms with Gasteiger partial charge < -0.3 is 10.2 Å². The van der Waals surface area contributed by atoms with Crippen molar-refractivity contribution in [2.24, 2.45) is 0 Å². The highest BCUT2D eigenvalue weighted by Gasteiger charge is 2.09. The number of rotatable bonds is 2. The van der Waals surface area contributed by atoms with Crippen molar-refractivity contribution >= 4 is 0 Å². The summed E-state index contributed by atoms with van der Waals surface area (Å²) in [6.45, 7) is 4.28. The highest BCUT2D eigenvalue weighted by Crippen LogP contribution is 2.34. The quantitative estimate of drug-likeness (QED) is 0.765. The Morgan fingerprint density at radius 3 is 2.24 bits per heavy atom. The Kier molecular flexibility index (Phi) is 3.05. The highest BCUT2D eigenvalue weighted by molar-refractivity contribution is 5.70. The number of benzene rings is 2. The predicted molar refractivity (Wildman–Crippen MR) is 69.3 cm³/mol. The SMILES string of the molecule is CC(C)c1ccccc1-c1ccc(O)c(O)c1. The lowest BCUT2D eigenvalue weighted by atomic mass is 9.92. The molecule has 2 rings (SSSR count). The Morgan fingerprint density at radius 1 is 0.882 bits per heavy atom. The van der Waals surface area contributed by atoms with Crippen LogP contribution in [0.4, 0.5) is 0 Å². The van der Waals surface area contributed by atoms with Gasteiger partial charge in [-0.25, -0.2) is 0 Å². The first-order chi connectivity index (χ1) is 8.09. The van der Waals surface area contributed by atoms with Gasteiger partial charge in [-0.3, -0.25) is 0 Å². The van der Waals surface area contributed by atoms with Gasteiger partial charge in [0.1, 0.15) is 0 Å². The third-order valence-corrected chi connectivity index (χ3v) is 2.87.